The number of likely N-dealkylation sites (tertiary alicyclic amines) is 1. The summed E-state index contributed by atoms with van der Waals surface area (Å²) in [5.74, 6) is 0.381. The lowest BCUT2D eigenvalue weighted by molar-refractivity contribution is -0.121. The largest absolute Gasteiger partial charge is 0.306 e. The highest BCUT2D eigenvalue weighted by Crippen LogP contribution is 2.55. The third-order valence-corrected chi connectivity index (χ3v) is 7.42. The number of nitrogens with one attached hydrogen (secondary N) is 1. The lowest BCUT2D eigenvalue weighted by atomic mass is 10.1. The predicted molar refractivity (Wildman–Crippen MR) is 108 cm³/mol. The lowest BCUT2D eigenvalue weighted by Gasteiger charge is -2.29. The monoisotopic (exact) mass is 397 g/mol. The van der Waals surface area contributed by atoms with Crippen LogP contribution >= 0.6 is 11.8 Å². The first-order valence-corrected chi connectivity index (χ1v) is 10.5. The molecule has 4 heterocycles. The molecular formula is C20H23N5O2S. The molecule has 2 aromatic rings. The molecule has 3 aliphatic heterocycles. The van der Waals surface area contributed by atoms with Crippen molar-refractivity contribution in [1.82, 2.24) is 14.7 Å². The van der Waals surface area contributed by atoms with Crippen LogP contribution in [0.5, 0.6) is 0 Å². The number of aromatic nitrogens is 2. The SMILES string of the molecule is CN1CCC(n2ccc(NC(=O)C34CCC(=O)N3c3ccccc3S4)n2)CC1. The Morgan fingerprint density at radius 3 is 2.86 bits per heavy atom. The number of benzene rings is 1. The molecule has 1 N–H and O–H groups in total. The number of thioether (sulfide) groups is 1. The van der Waals surface area contributed by atoms with Crippen molar-refractivity contribution in [3.63, 3.8) is 0 Å². The third kappa shape index (κ3) is 2.74. The van der Waals surface area contributed by atoms with E-state index in [9.17, 15) is 9.59 Å². The quantitative estimate of drug-likeness (QED) is 0.862. The molecule has 2 fully saturated rings. The summed E-state index contributed by atoms with van der Waals surface area (Å²) >= 11 is 1.47. The van der Waals surface area contributed by atoms with Crippen LogP contribution in [0.1, 0.15) is 31.7 Å². The molecule has 1 atom stereocenters. The van der Waals surface area contributed by atoms with Crippen molar-refractivity contribution >= 4 is 35.1 Å². The maximum atomic E-state index is 13.3. The molecule has 0 radical (unpaired) electrons. The average molecular weight is 398 g/mol. The highest BCUT2D eigenvalue weighted by atomic mass is 32.2. The topological polar surface area (TPSA) is 70.5 Å². The van der Waals surface area contributed by atoms with Crippen molar-refractivity contribution in [2.75, 3.05) is 30.4 Å². The number of rotatable bonds is 3. The fourth-order valence-electron chi connectivity index (χ4n) is 4.38. The van der Waals surface area contributed by atoms with Gasteiger partial charge in [0, 0.05) is 23.6 Å². The van der Waals surface area contributed by atoms with Crippen LogP contribution < -0.4 is 10.2 Å². The Balaban J connectivity index is 1.36. The zero-order valence-electron chi connectivity index (χ0n) is 15.8. The van der Waals surface area contributed by atoms with Crippen LogP contribution in [-0.2, 0) is 9.59 Å². The Labute approximate surface area is 168 Å². The van der Waals surface area contributed by atoms with Crippen LogP contribution in [-0.4, -0.2) is 51.5 Å². The zero-order chi connectivity index (χ0) is 19.3. The molecule has 0 aliphatic carbocycles. The second kappa shape index (κ2) is 6.63. The molecule has 0 bridgehead atoms. The van der Waals surface area contributed by atoms with Gasteiger partial charge in [-0.2, -0.15) is 5.10 Å². The van der Waals surface area contributed by atoms with Gasteiger partial charge in [-0.1, -0.05) is 23.9 Å². The number of carbonyl (C=O) groups is 2. The maximum absolute atomic E-state index is 13.3. The van der Waals surface area contributed by atoms with Crippen molar-refractivity contribution in [3.05, 3.63) is 36.5 Å². The van der Waals surface area contributed by atoms with Crippen molar-refractivity contribution in [1.29, 1.82) is 0 Å². The number of hydrogen-bond donors (Lipinski definition) is 1. The lowest BCUT2D eigenvalue weighted by Crippen LogP contribution is -2.49. The molecule has 0 spiro atoms. The highest BCUT2D eigenvalue weighted by Gasteiger charge is 2.57. The molecule has 2 amide bonds. The molecule has 8 heteroatoms. The molecule has 28 heavy (non-hydrogen) atoms. The normalized spacial score (nSPS) is 25.0. The van der Waals surface area contributed by atoms with Gasteiger partial charge in [-0.15, -0.1) is 0 Å². The molecule has 7 nitrogen and oxygen atoms in total. The first-order chi connectivity index (χ1) is 13.6. The summed E-state index contributed by atoms with van der Waals surface area (Å²) in [5.41, 5.74) is 0.835. The van der Waals surface area contributed by atoms with Gasteiger partial charge in [0.15, 0.2) is 10.7 Å². The summed E-state index contributed by atoms with van der Waals surface area (Å²) in [6.45, 7) is 2.11. The molecule has 3 aliphatic rings. The summed E-state index contributed by atoms with van der Waals surface area (Å²) in [6.07, 6.45) is 4.95. The van der Waals surface area contributed by atoms with Gasteiger partial charge in [-0.05, 0) is 51.5 Å². The van der Waals surface area contributed by atoms with Crippen LogP contribution in [0.25, 0.3) is 0 Å². The van der Waals surface area contributed by atoms with E-state index in [0.29, 0.717) is 24.7 Å². The van der Waals surface area contributed by atoms with Crippen LogP contribution in [0, 0.1) is 0 Å². The summed E-state index contributed by atoms with van der Waals surface area (Å²) in [4.78, 5) is 29.9. The predicted octanol–water partition coefficient (Wildman–Crippen LogP) is 2.72. The molecule has 0 saturated carbocycles. The number of carbonyl (C=O) groups excluding carboxylic acids is 2. The first-order valence-electron chi connectivity index (χ1n) is 9.73. The first kappa shape index (κ1) is 17.8. The zero-order valence-corrected chi connectivity index (χ0v) is 16.6. The van der Waals surface area contributed by atoms with Gasteiger partial charge in [0.25, 0.3) is 5.91 Å². The van der Waals surface area contributed by atoms with Gasteiger partial charge in [0.05, 0.1) is 11.7 Å². The second-order valence-electron chi connectivity index (χ2n) is 7.75. The summed E-state index contributed by atoms with van der Waals surface area (Å²) in [7, 11) is 2.14. The van der Waals surface area contributed by atoms with Gasteiger partial charge in [0.2, 0.25) is 5.91 Å². The van der Waals surface area contributed by atoms with E-state index in [1.807, 2.05) is 41.2 Å². The van der Waals surface area contributed by atoms with Gasteiger partial charge < -0.3 is 10.2 Å². The molecular weight excluding hydrogens is 374 g/mol. The summed E-state index contributed by atoms with van der Waals surface area (Å²) < 4.78 is 1.97. The summed E-state index contributed by atoms with van der Waals surface area (Å²) in [6, 6.07) is 9.94. The van der Waals surface area contributed by atoms with Crippen molar-refractivity contribution < 1.29 is 9.59 Å². The van der Waals surface area contributed by atoms with Crippen LogP contribution in [0.2, 0.25) is 0 Å². The van der Waals surface area contributed by atoms with Crippen LogP contribution in [0.4, 0.5) is 11.5 Å². The van der Waals surface area contributed by atoms with E-state index in [4.69, 9.17) is 0 Å². The molecule has 2 saturated heterocycles. The smallest absolute Gasteiger partial charge is 0.262 e. The minimum absolute atomic E-state index is 0.00412. The number of para-hydroxylation sites is 1. The third-order valence-electron chi connectivity index (χ3n) is 5.94. The number of piperidine rings is 1. The van der Waals surface area contributed by atoms with Crippen molar-refractivity contribution in [2.24, 2.45) is 0 Å². The fraction of sp³-hybridized carbons (Fsp3) is 0.450. The van der Waals surface area contributed by atoms with Crippen LogP contribution in [0.3, 0.4) is 0 Å². The molecule has 1 unspecified atom stereocenters. The van der Waals surface area contributed by atoms with E-state index in [1.165, 1.54) is 11.8 Å². The van der Waals surface area contributed by atoms with Gasteiger partial charge >= 0.3 is 0 Å². The van der Waals surface area contributed by atoms with E-state index >= 15 is 0 Å². The van der Waals surface area contributed by atoms with Gasteiger partial charge in [0.1, 0.15) is 0 Å². The van der Waals surface area contributed by atoms with Crippen molar-refractivity contribution in [2.45, 2.75) is 41.5 Å². The molecule has 1 aromatic carbocycles. The Kier molecular flexibility index (Phi) is 4.21. The Bertz CT molecular complexity index is 936. The Morgan fingerprint density at radius 2 is 2.04 bits per heavy atom. The van der Waals surface area contributed by atoms with E-state index in [0.717, 1.165) is 36.5 Å². The minimum Gasteiger partial charge on any atom is -0.306 e. The maximum Gasteiger partial charge on any atom is 0.262 e. The number of anilines is 2. The van der Waals surface area contributed by atoms with E-state index in [1.54, 1.807) is 4.90 Å². The van der Waals surface area contributed by atoms with Crippen molar-refractivity contribution in [3.8, 4) is 0 Å². The minimum atomic E-state index is -0.905. The Hall–Kier alpha value is -2.32. The van der Waals surface area contributed by atoms with E-state index in [2.05, 4.69) is 22.4 Å². The number of hydrogen-bond acceptors (Lipinski definition) is 5. The second-order valence-corrected chi connectivity index (χ2v) is 9.07. The number of fused-ring (bicyclic) bond motifs is 3. The van der Waals surface area contributed by atoms with Gasteiger partial charge in [-0.3, -0.25) is 19.2 Å². The average Bonchev–Trinajstić information content (AvgIpc) is 3.37. The Morgan fingerprint density at radius 1 is 1.25 bits per heavy atom. The van der Waals surface area contributed by atoms with E-state index in [-0.39, 0.29) is 11.8 Å². The van der Waals surface area contributed by atoms with E-state index < -0.39 is 4.87 Å². The molecule has 146 valence electrons. The standard InChI is InChI=1S/C20H23N5O2S/c1-23-11-7-14(8-12-23)24-13-9-17(22-24)21-19(27)20-10-6-18(26)25(20)15-4-2-3-5-16(15)28-20/h2-5,9,13-14H,6-8,10-12H2,1H3,(H,21,22,27). The van der Waals surface area contributed by atoms with Crippen LogP contribution in [0.15, 0.2) is 41.4 Å². The van der Waals surface area contributed by atoms with Gasteiger partial charge in [-0.25, -0.2) is 0 Å². The molecule has 1 aromatic heterocycles. The molecule has 5 rings (SSSR count). The highest BCUT2D eigenvalue weighted by molar-refractivity contribution is 8.02. The summed E-state index contributed by atoms with van der Waals surface area (Å²) in [5, 5.41) is 7.58. The number of nitrogens with zero attached hydrogens (tertiary/aromatic N) is 4. The fourth-order valence-corrected chi connectivity index (χ4v) is 5.79. The number of amides is 2.